The van der Waals surface area contributed by atoms with Crippen LogP contribution in [0.1, 0.15) is 25.0 Å². The molecule has 1 aliphatic heterocycles. The molecule has 1 aliphatic rings. The van der Waals surface area contributed by atoms with E-state index in [-0.39, 0.29) is 12.7 Å². The third-order valence-electron chi connectivity index (χ3n) is 3.96. The van der Waals surface area contributed by atoms with Crippen LogP contribution < -0.4 is 14.8 Å². The van der Waals surface area contributed by atoms with E-state index in [4.69, 9.17) is 9.47 Å². The molecule has 0 aliphatic carbocycles. The van der Waals surface area contributed by atoms with Crippen LogP contribution in [0.25, 0.3) is 0 Å². The summed E-state index contributed by atoms with van der Waals surface area (Å²) in [5.74, 6) is 1.40. The first-order valence-electron chi connectivity index (χ1n) is 7.30. The first-order valence-corrected chi connectivity index (χ1v) is 7.30. The molecule has 0 fully saturated rings. The number of hydrogen-bond acceptors (Lipinski definition) is 3. The fourth-order valence-corrected chi connectivity index (χ4v) is 2.42. The van der Waals surface area contributed by atoms with Gasteiger partial charge in [-0.25, -0.2) is 0 Å². The van der Waals surface area contributed by atoms with E-state index >= 15 is 0 Å². The average Bonchev–Trinajstić information content (AvgIpc) is 3.01. The molecule has 0 saturated heterocycles. The minimum Gasteiger partial charge on any atom is -0.454 e. The molecule has 0 atom stereocenters. The Morgan fingerprint density at radius 2 is 1.82 bits per heavy atom. The van der Waals surface area contributed by atoms with Crippen molar-refractivity contribution in [2.45, 2.75) is 25.8 Å². The second-order valence-corrected chi connectivity index (χ2v) is 5.86. The summed E-state index contributed by atoms with van der Waals surface area (Å²) in [5, 5.41) is 2.99. The van der Waals surface area contributed by atoms with Crippen LogP contribution in [0, 0.1) is 0 Å². The highest BCUT2D eigenvalue weighted by atomic mass is 16.7. The van der Waals surface area contributed by atoms with Crippen molar-refractivity contribution in [3.05, 3.63) is 59.7 Å². The summed E-state index contributed by atoms with van der Waals surface area (Å²) in [6.07, 6.45) is 0. The van der Waals surface area contributed by atoms with E-state index in [9.17, 15) is 4.79 Å². The maximum absolute atomic E-state index is 12.6. The number of carbonyl (C=O) groups excluding carboxylic acids is 1. The molecule has 1 amide bonds. The van der Waals surface area contributed by atoms with Gasteiger partial charge < -0.3 is 14.8 Å². The molecule has 2 aromatic carbocycles. The number of carbonyl (C=O) groups is 1. The van der Waals surface area contributed by atoms with E-state index in [1.165, 1.54) is 0 Å². The van der Waals surface area contributed by atoms with Gasteiger partial charge in [-0.15, -0.1) is 0 Å². The van der Waals surface area contributed by atoms with Crippen LogP contribution in [0.3, 0.4) is 0 Å². The molecule has 0 bridgehead atoms. The first kappa shape index (κ1) is 14.4. The van der Waals surface area contributed by atoms with E-state index in [1.807, 2.05) is 62.4 Å². The van der Waals surface area contributed by atoms with Gasteiger partial charge >= 0.3 is 0 Å². The van der Waals surface area contributed by atoms with E-state index < -0.39 is 5.41 Å². The molecular weight excluding hydrogens is 278 g/mol. The Labute approximate surface area is 130 Å². The number of ether oxygens (including phenoxy) is 2. The molecule has 4 heteroatoms. The van der Waals surface area contributed by atoms with Crippen molar-refractivity contribution >= 4 is 5.91 Å². The zero-order chi connectivity index (χ0) is 15.6. The van der Waals surface area contributed by atoms with Crippen LogP contribution in [0.15, 0.2) is 48.5 Å². The maximum atomic E-state index is 12.6. The molecule has 0 saturated carbocycles. The lowest BCUT2D eigenvalue weighted by molar-refractivity contribution is -0.125. The van der Waals surface area contributed by atoms with Crippen LogP contribution in [0.5, 0.6) is 11.5 Å². The van der Waals surface area contributed by atoms with Gasteiger partial charge in [0.25, 0.3) is 0 Å². The van der Waals surface area contributed by atoms with Crippen molar-refractivity contribution in [2.24, 2.45) is 0 Å². The van der Waals surface area contributed by atoms with Gasteiger partial charge in [-0.1, -0.05) is 36.4 Å². The van der Waals surface area contributed by atoms with Gasteiger partial charge in [-0.3, -0.25) is 4.79 Å². The number of benzene rings is 2. The molecule has 114 valence electrons. The van der Waals surface area contributed by atoms with Crippen LogP contribution in [-0.2, 0) is 16.8 Å². The number of hydrogen-bond donors (Lipinski definition) is 1. The van der Waals surface area contributed by atoms with Crippen molar-refractivity contribution in [1.29, 1.82) is 0 Å². The third kappa shape index (κ3) is 2.77. The standard InChI is InChI=1S/C18H19NO3/c1-18(2,14-8-9-15-16(10-14)22-12-21-15)17(20)19-11-13-6-4-3-5-7-13/h3-10H,11-12H2,1-2H3,(H,19,20). The molecule has 0 spiro atoms. The largest absolute Gasteiger partial charge is 0.454 e. The van der Waals surface area contributed by atoms with E-state index in [2.05, 4.69) is 5.32 Å². The Hall–Kier alpha value is -2.49. The van der Waals surface area contributed by atoms with Gasteiger partial charge in [-0.2, -0.15) is 0 Å². The van der Waals surface area contributed by atoms with Crippen molar-refractivity contribution in [2.75, 3.05) is 6.79 Å². The molecule has 0 unspecified atom stereocenters. The Balaban J connectivity index is 1.73. The Bertz CT molecular complexity index is 680. The number of rotatable bonds is 4. The summed E-state index contributed by atoms with van der Waals surface area (Å²) < 4.78 is 10.7. The van der Waals surface area contributed by atoms with Crippen molar-refractivity contribution in [3.8, 4) is 11.5 Å². The van der Waals surface area contributed by atoms with Gasteiger partial charge in [-0.05, 0) is 37.1 Å². The minimum absolute atomic E-state index is 0.0183. The normalized spacial score (nSPS) is 13.0. The smallest absolute Gasteiger partial charge is 0.231 e. The van der Waals surface area contributed by atoms with Crippen LogP contribution in [-0.4, -0.2) is 12.7 Å². The maximum Gasteiger partial charge on any atom is 0.231 e. The van der Waals surface area contributed by atoms with Gasteiger partial charge in [0, 0.05) is 6.54 Å². The second kappa shape index (κ2) is 5.72. The number of fused-ring (bicyclic) bond motifs is 1. The molecule has 1 N–H and O–H groups in total. The van der Waals surface area contributed by atoms with Gasteiger partial charge in [0.05, 0.1) is 5.41 Å². The zero-order valence-corrected chi connectivity index (χ0v) is 12.8. The molecule has 1 heterocycles. The molecule has 0 aromatic heterocycles. The Morgan fingerprint density at radius 3 is 2.59 bits per heavy atom. The van der Waals surface area contributed by atoms with Gasteiger partial charge in [0.15, 0.2) is 11.5 Å². The zero-order valence-electron chi connectivity index (χ0n) is 12.8. The summed E-state index contributed by atoms with van der Waals surface area (Å²) in [6, 6.07) is 15.5. The lowest BCUT2D eigenvalue weighted by Crippen LogP contribution is -2.39. The predicted octanol–water partition coefficient (Wildman–Crippen LogP) is 3.01. The fourth-order valence-electron chi connectivity index (χ4n) is 2.42. The quantitative estimate of drug-likeness (QED) is 0.943. The second-order valence-electron chi connectivity index (χ2n) is 5.86. The van der Waals surface area contributed by atoms with Crippen molar-refractivity contribution < 1.29 is 14.3 Å². The molecular formula is C18H19NO3. The summed E-state index contributed by atoms with van der Waals surface area (Å²) >= 11 is 0. The van der Waals surface area contributed by atoms with Gasteiger partial charge in [0.1, 0.15) is 0 Å². The number of amides is 1. The fraction of sp³-hybridized carbons (Fsp3) is 0.278. The highest BCUT2D eigenvalue weighted by molar-refractivity contribution is 5.87. The van der Waals surface area contributed by atoms with Crippen LogP contribution in [0.4, 0.5) is 0 Å². The third-order valence-corrected chi connectivity index (χ3v) is 3.96. The summed E-state index contributed by atoms with van der Waals surface area (Å²) in [4.78, 5) is 12.6. The lowest BCUT2D eigenvalue weighted by atomic mass is 9.83. The highest BCUT2D eigenvalue weighted by Crippen LogP contribution is 2.36. The Morgan fingerprint density at radius 1 is 1.09 bits per heavy atom. The monoisotopic (exact) mass is 297 g/mol. The molecule has 4 nitrogen and oxygen atoms in total. The molecule has 2 aromatic rings. The molecule has 0 radical (unpaired) electrons. The predicted molar refractivity (Wildman–Crippen MR) is 83.9 cm³/mol. The highest BCUT2D eigenvalue weighted by Gasteiger charge is 2.31. The Kier molecular flexibility index (Phi) is 3.75. The molecule has 22 heavy (non-hydrogen) atoms. The lowest BCUT2D eigenvalue weighted by Gasteiger charge is -2.24. The van der Waals surface area contributed by atoms with Crippen LogP contribution >= 0.6 is 0 Å². The summed E-state index contributed by atoms with van der Waals surface area (Å²) in [6.45, 7) is 4.57. The van der Waals surface area contributed by atoms with Crippen LogP contribution in [0.2, 0.25) is 0 Å². The van der Waals surface area contributed by atoms with E-state index in [1.54, 1.807) is 0 Å². The first-order chi connectivity index (χ1) is 10.6. The SMILES string of the molecule is CC(C)(C(=O)NCc1ccccc1)c1ccc2c(c1)OCO2. The van der Waals surface area contributed by atoms with Gasteiger partial charge in [0.2, 0.25) is 12.7 Å². The number of nitrogens with one attached hydrogen (secondary N) is 1. The van der Waals surface area contributed by atoms with Crippen molar-refractivity contribution in [3.63, 3.8) is 0 Å². The van der Waals surface area contributed by atoms with E-state index in [0.717, 1.165) is 16.9 Å². The van der Waals surface area contributed by atoms with E-state index in [0.29, 0.717) is 12.3 Å². The summed E-state index contributed by atoms with van der Waals surface area (Å²) in [5.41, 5.74) is 1.34. The molecule has 3 rings (SSSR count). The minimum atomic E-state index is -0.643. The van der Waals surface area contributed by atoms with Crippen molar-refractivity contribution in [1.82, 2.24) is 5.32 Å². The summed E-state index contributed by atoms with van der Waals surface area (Å²) in [7, 11) is 0. The average molecular weight is 297 g/mol. The topological polar surface area (TPSA) is 47.6 Å².